The Balaban J connectivity index is 0.000000541. The molecule has 1 saturated heterocycles. The molecule has 1 aliphatic rings. The Labute approximate surface area is 243 Å². The molecule has 4 aromatic rings. The van der Waals surface area contributed by atoms with Gasteiger partial charge in [-0.3, -0.25) is 20.0 Å². The van der Waals surface area contributed by atoms with Gasteiger partial charge in [0, 0.05) is 18.0 Å². The molecule has 2 aromatic heterocycles. The van der Waals surface area contributed by atoms with Gasteiger partial charge in [0.2, 0.25) is 11.9 Å². The van der Waals surface area contributed by atoms with Crippen LogP contribution in [0.4, 0.5) is 25.1 Å². The molecular weight excluding hydrogens is 573 g/mol. The lowest BCUT2D eigenvalue weighted by Gasteiger charge is -2.26. The van der Waals surface area contributed by atoms with E-state index in [4.69, 9.17) is 24.1 Å². The Morgan fingerprint density at radius 1 is 1.00 bits per heavy atom. The topological polar surface area (TPSA) is 152 Å². The number of anilines is 2. The number of carboxylic acids is 1. The van der Waals surface area contributed by atoms with Crippen molar-refractivity contribution in [3.05, 3.63) is 46.4 Å². The van der Waals surface area contributed by atoms with Crippen LogP contribution in [0.5, 0.6) is 17.2 Å². The van der Waals surface area contributed by atoms with Gasteiger partial charge in [-0.15, -0.1) is 0 Å². The van der Waals surface area contributed by atoms with Gasteiger partial charge in [-0.2, -0.15) is 13.2 Å². The second-order valence-electron chi connectivity index (χ2n) is 9.63. The van der Waals surface area contributed by atoms with Crippen molar-refractivity contribution in [3.63, 3.8) is 0 Å². The number of aromatic nitrogens is 4. The number of aryl methyl sites for hydroxylation is 1. The number of aromatic amines is 1. The standard InChI is InChI=1S/C26H30N6O4.C2HF3O2/c1-16-18-14-22(34-2)23(35-3)15-21(18)29-25(27-16)31-26-28-20-8-7-17(13-19(20)24(33)30-26)36-12-11-32-9-5-4-6-10-32;3-2(4,5)1(6)7/h7-8,13-15H,4-6,9-12H2,1-3H3,(H2,27,28,29,30,31,33);(H,6,7). The molecule has 0 unspecified atom stereocenters. The molecule has 0 amide bonds. The fourth-order valence-corrected chi connectivity index (χ4v) is 4.51. The van der Waals surface area contributed by atoms with Crippen molar-refractivity contribution >= 4 is 39.7 Å². The van der Waals surface area contributed by atoms with Crippen LogP contribution in [0.3, 0.4) is 0 Å². The molecule has 1 fully saturated rings. The molecule has 43 heavy (non-hydrogen) atoms. The SMILES string of the molecule is COc1cc2nc(Nc3nc4ccc(OCCN5CCCCC5)cc4c(=O)[nH]3)nc(C)c2cc1OC.O=C(O)C(F)(F)F. The van der Waals surface area contributed by atoms with E-state index in [1.54, 1.807) is 32.4 Å². The number of nitrogens with one attached hydrogen (secondary N) is 2. The van der Waals surface area contributed by atoms with Crippen LogP contribution in [0.25, 0.3) is 21.8 Å². The molecule has 0 atom stereocenters. The number of halogens is 3. The van der Waals surface area contributed by atoms with Crippen molar-refractivity contribution in [2.24, 2.45) is 0 Å². The minimum absolute atomic E-state index is 0.255. The number of rotatable bonds is 8. The zero-order valence-corrected chi connectivity index (χ0v) is 23.7. The first kappa shape index (κ1) is 31.3. The highest BCUT2D eigenvalue weighted by atomic mass is 19.4. The van der Waals surface area contributed by atoms with Gasteiger partial charge in [0.1, 0.15) is 12.4 Å². The highest BCUT2D eigenvalue weighted by molar-refractivity contribution is 5.86. The first-order chi connectivity index (χ1) is 20.5. The molecule has 1 aliphatic heterocycles. The predicted molar refractivity (Wildman–Crippen MR) is 153 cm³/mol. The van der Waals surface area contributed by atoms with Crippen LogP contribution < -0.4 is 25.1 Å². The van der Waals surface area contributed by atoms with E-state index >= 15 is 0 Å². The van der Waals surface area contributed by atoms with E-state index in [1.807, 2.05) is 19.1 Å². The number of nitrogens with zero attached hydrogens (tertiary/aromatic N) is 4. The second kappa shape index (κ2) is 13.5. The molecule has 15 heteroatoms. The van der Waals surface area contributed by atoms with Gasteiger partial charge in [0.15, 0.2) is 11.5 Å². The molecule has 0 spiro atoms. The van der Waals surface area contributed by atoms with Crippen LogP contribution in [-0.4, -0.2) is 82.5 Å². The maximum absolute atomic E-state index is 12.8. The van der Waals surface area contributed by atoms with Crippen LogP contribution in [-0.2, 0) is 4.79 Å². The van der Waals surface area contributed by atoms with Gasteiger partial charge >= 0.3 is 12.1 Å². The molecule has 0 saturated carbocycles. The van der Waals surface area contributed by atoms with Crippen molar-refractivity contribution < 1.29 is 37.3 Å². The number of H-pyrrole nitrogens is 1. The average molecular weight is 605 g/mol. The summed E-state index contributed by atoms with van der Waals surface area (Å²) in [5.41, 5.74) is 1.71. The molecule has 230 valence electrons. The number of carboxylic acid groups (broad SMARTS) is 1. The van der Waals surface area contributed by atoms with E-state index in [-0.39, 0.29) is 11.5 Å². The van der Waals surface area contributed by atoms with Crippen molar-refractivity contribution in [3.8, 4) is 17.2 Å². The Hall–Kier alpha value is -4.66. The summed E-state index contributed by atoms with van der Waals surface area (Å²) in [6, 6.07) is 8.99. The summed E-state index contributed by atoms with van der Waals surface area (Å²) in [4.78, 5) is 40.5. The Morgan fingerprint density at radius 2 is 1.67 bits per heavy atom. The summed E-state index contributed by atoms with van der Waals surface area (Å²) in [6.07, 6.45) is -1.27. The Kier molecular flexibility index (Phi) is 9.85. The number of benzene rings is 2. The Morgan fingerprint density at radius 3 is 2.33 bits per heavy atom. The number of aliphatic carboxylic acids is 1. The third-order valence-corrected chi connectivity index (χ3v) is 6.67. The van der Waals surface area contributed by atoms with Gasteiger partial charge < -0.3 is 19.3 Å². The maximum atomic E-state index is 12.8. The van der Waals surface area contributed by atoms with Gasteiger partial charge in [-0.1, -0.05) is 6.42 Å². The number of likely N-dealkylation sites (tertiary alicyclic amines) is 1. The molecule has 2 aromatic carbocycles. The summed E-state index contributed by atoms with van der Waals surface area (Å²) in [5, 5.41) is 11.4. The molecule has 0 aliphatic carbocycles. The van der Waals surface area contributed by atoms with E-state index in [1.165, 1.54) is 19.3 Å². The smallest absolute Gasteiger partial charge is 0.490 e. The van der Waals surface area contributed by atoms with Gasteiger partial charge in [-0.05, 0) is 57.1 Å². The number of alkyl halides is 3. The molecule has 3 heterocycles. The summed E-state index contributed by atoms with van der Waals surface area (Å²) in [5.74, 6) is -0.358. The van der Waals surface area contributed by atoms with Crippen LogP contribution in [0.2, 0.25) is 0 Å². The van der Waals surface area contributed by atoms with Gasteiger partial charge in [0.25, 0.3) is 5.56 Å². The third-order valence-electron chi connectivity index (χ3n) is 6.67. The summed E-state index contributed by atoms with van der Waals surface area (Å²) < 4.78 is 48.4. The lowest BCUT2D eigenvalue weighted by atomic mass is 10.1. The van der Waals surface area contributed by atoms with E-state index in [2.05, 4.69) is 30.2 Å². The normalized spacial score (nSPS) is 13.7. The molecule has 0 bridgehead atoms. The fraction of sp³-hybridized carbons (Fsp3) is 0.393. The van der Waals surface area contributed by atoms with E-state index in [0.29, 0.717) is 46.2 Å². The minimum atomic E-state index is -5.08. The van der Waals surface area contributed by atoms with Crippen molar-refractivity contribution in [1.29, 1.82) is 0 Å². The van der Waals surface area contributed by atoms with Crippen LogP contribution >= 0.6 is 0 Å². The number of carbonyl (C=O) groups is 1. The van der Waals surface area contributed by atoms with E-state index in [0.717, 1.165) is 30.7 Å². The predicted octanol–water partition coefficient (Wildman–Crippen LogP) is 4.43. The van der Waals surface area contributed by atoms with Gasteiger partial charge in [0.05, 0.1) is 36.3 Å². The largest absolute Gasteiger partial charge is 0.493 e. The maximum Gasteiger partial charge on any atom is 0.490 e. The zero-order valence-electron chi connectivity index (χ0n) is 23.7. The minimum Gasteiger partial charge on any atom is -0.493 e. The summed E-state index contributed by atoms with van der Waals surface area (Å²) >= 11 is 0. The quantitative estimate of drug-likeness (QED) is 0.262. The lowest BCUT2D eigenvalue weighted by Crippen LogP contribution is -2.33. The van der Waals surface area contributed by atoms with Gasteiger partial charge in [-0.25, -0.2) is 19.7 Å². The lowest BCUT2D eigenvalue weighted by molar-refractivity contribution is -0.192. The number of methoxy groups -OCH3 is 2. The highest BCUT2D eigenvalue weighted by Crippen LogP contribution is 2.33. The monoisotopic (exact) mass is 604 g/mol. The molecule has 3 N–H and O–H groups in total. The highest BCUT2D eigenvalue weighted by Gasteiger charge is 2.38. The first-order valence-corrected chi connectivity index (χ1v) is 13.3. The number of hydrogen-bond donors (Lipinski definition) is 3. The number of ether oxygens (including phenoxy) is 3. The number of hydrogen-bond acceptors (Lipinski definition) is 10. The average Bonchev–Trinajstić information content (AvgIpc) is 2.97. The van der Waals surface area contributed by atoms with E-state index < -0.39 is 12.1 Å². The Bertz CT molecular complexity index is 1660. The molecule has 5 rings (SSSR count). The van der Waals surface area contributed by atoms with Crippen molar-refractivity contribution in [1.82, 2.24) is 24.8 Å². The zero-order chi connectivity index (χ0) is 31.1. The van der Waals surface area contributed by atoms with E-state index in [9.17, 15) is 18.0 Å². The fourth-order valence-electron chi connectivity index (χ4n) is 4.51. The summed E-state index contributed by atoms with van der Waals surface area (Å²) in [6.45, 7) is 5.61. The van der Waals surface area contributed by atoms with Crippen LogP contribution in [0.1, 0.15) is 25.0 Å². The van der Waals surface area contributed by atoms with Crippen LogP contribution in [0, 0.1) is 6.92 Å². The number of fused-ring (bicyclic) bond motifs is 2. The molecule has 0 radical (unpaired) electrons. The van der Waals surface area contributed by atoms with Crippen molar-refractivity contribution in [2.75, 3.05) is 45.8 Å². The van der Waals surface area contributed by atoms with Crippen molar-refractivity contribution in [2.45, 2.75) is 32.4 Å². The third kappa shape index (κ3) is 8.00. The molecule has 12 nitrogen and oxygen atoms in total. The summed E-state index contributed by atoms with van der Waals surface area (Å²) in [7, 11) is 3.16. The number of piperidine rings is 1. The van der Waals surface area contributed by atoms with Crippen LogP contribution in [0.15, 0.2) is 35.1 Å². The second-order valence-corrected chi connectivity index (χ2v) is 9.63. The molecular formula is C28H31F3N6O6. The first-order valence-electron chi connectivity index (χ1n) is 13.3.